The normalized spacial score (nSPS) is 11.4. The lowest BCUT2D eigenvalue weighted by Gasteiger charge is -2.14. The quantitative estimate of drug-likeness (QED) is 0.801. The first-order valence-electron chi connectivity index (χ1n) is 6.74. The van der Waals surface area contributed by atoms with Crippen LogP contribution in [0.2, 0.25) is 0 Å². The molecule has 2 aromatic carbocycles. The Labute approximate surface area is 126 Å². The average Bonchev–Trinajstić information content (AvgIpc) is 2.46. The molecular weight excluding hydrogens is 295 g/mol. The first-order chi connectivity index (χ1) is 10.5. The van der Waals surface area contributed by atoms with Gasteiger partial charge < -0.3 is 15.2 Å². The Balaban J connectivity index is 1.80. The third-order valence-corrected chi connectivity index (χ3v) is 2.97. The summed E-state index contributed by atoms with van der Waals surface area (Å²) in [4.78, 5) is 0. The van der Waals surface area contributed by atoms with Crippen molar-refractivity contribution in [3.63, 3.8) is 0 Å². The van der Waals surface area contributed by atoms with Crippen molar-refractivity contribution in [2.45, 2.75) is 12.7 Å². The molecule has 22 heavy (non-hydrogen) atoms. The van der Waals surface area contributed by atoms with Gasteiger partial charge in [-0.05, 0) is 29.8 Å². The van der Waals surface area contributed by atoms with Crippen LogP contribution < -0.4 is 10.1 Å². The van der Waals surface area contributed by atoms with Crippen molar-refractivity contribution in [3.8, 4) is 11.5 Å². The number of para-hydroxylation sites is 1. The van der Waals surface area contributed by atoms with Crippen molar-refractivity contribution in [2.24, 2.45) is 0 Å². The summed E-state index contributed by atoms with van der Waals surface area (Å²) in [5.74, 6) is 0.00353. The highest BCUT2D eigenvalue weighted by molar-refractivity contribution is 5.35. The van der Waals surface area contributed by atoms with Crippen LogP contribution in [0, 0.1) is 0 Å². The van der Waals surface area contributed by atoms with Gasteiger partial charge in [0.15, 0.2) is 0 Å². The van der Waals surface area contributed by atoms with Gasteiger partial charge in [-0.25, -0.2) is 0 Å². The number of nitrogens with one attached hydrogen (secondary N) is 1. The molecule has 0 fully saturated rings. The zero-order chi connectivity index (χ0) is 16.0. The van der Waals surface area contributed by atoms with Crippen LogP contribution in [0.3, 0.4) is 0 Å². The molecule has 3 nitrogen and oxygen atoms in total. The Morgan fingerprint density at radius 1 is 1.05 bits per heavy atom. The van der Waals surface area contributed by atoms with E-state index >= 15 is 0 Å². The maximum absolute atomic E-state index is 12.8. The summed E-state index contributed by atoms with van der Waals surface area (Å²) in [5, 5.41) is 12.4. The summed E-state index contributed by atoms with van der Waals surface area (Å²) in [5.41, 5.74) is 0.110. The van der Waals surface area contributed by atoms with Crippen LogP contribution in [0.1, 0.15) is 11.1 Å². The zero-order valence-electron chi connectivity index (χ0n) is 11.7. The lowest BCUT2D eigenvalue weighted by atomic mass is 10.2. The minimum absolute atomic E-state index is 0.117. The Kier molecular flexibility index (Phi) is 5.27. The summed E-state index contributed by atoms with van der Waals surface area (Å²) in [6, 6.07) is 11.9. The van der Waals surface area contributed by atoms with Gasteiger partial charge in [0, 0.05) is 13.1 Å². The molecule has 0 heterocycles. The first kappa shape index (κ1) is 16.2. The number of hydrogen-bond acceptors (Lipinski definition) is 3. The second-order valence-corrected chi connectivity index (χ2v) is 4.69. The zero-order valence-corrected chi connectivity index (χ0v) is 11.7. The SMILES string of the molecule is Oc1cccc(CNCCOc2ccccc2C(F)(F)F)c1. The maximum atomic E-state index is 12.8. The van der Waals surface area contributed by atoms with E-state index in [1.807, 2.05) is 6.07 Å². The summed E-state index contributed by atoms with van der Waals surface area (Å²) in [6.07, 6.45) is -4.43. The Morgan fingerprint density at radius 3 is 2.55 bits per heavy atom. The van der Waals surface area contributed by atoms with Crippen LogP contribution in [-0.4, -0.2) is 18.3 Å². The molecule has 2 aromatic rings. The van der Waals surface area contributed by atoms with Crippen molar-refractivity contribution in [1.82, 2.24) is 5.32 Å². The summed E-state index contributed by atoms with van der Waals surface area (Å²) < 4.78 is 43.5. The molecule has 0 amide bonds. The van der Waals surface area contributed by atoms with Crippen molar-refractivity contribution in [1.29, 1.82) is 0 Å². The molecule has 0 aliphatic rings. The van der Waals surface area contributed by atoms with Crippen LogP contribution in [0.25, 0.3) is 0 Å². The van der Waals surface area contributed by atoms with E-state index in [2.05, 4.69) is 5.32 Å². The molecule has 0 bridgehead atoms. The van der Waals surface area contributed by atoms with Gasteiger partial charge in [0.2, 0.25) is 0 Å². The van der Waals surface area contributed by atoms with Gasteiger partial charge >= 0.3 is 6.18 Å². The van der Waals surface area contributed by atoms with Crippen LogP contribution in [0.5, 0.6) is 11.5 Å². The van der Waals surface area contributed by atoms with Crippen molar-refractivity contribution in [3.05, 3.63) is 59.7 Å². The maximum Gasteiger partial charge on any atom is 0.419 e. The molecule has 0 aliphatic heterocycles. The molecule has 0 unspecified atom stereocenters. The van der Waals surface area contributed by atoms with E-state index in [1.54, 1.807) is 18.2 Å². The molecule has 0 atom stereocenters. The van der Waals surface area contributed by atoms with Gasteiger partial charge in [-0.2, -0.15) is 13.2 Å². The fourth-order valence-corrected chi connectivity index (χ4v) is 1.96. The van der Waals surface area contributed by atoms with Crippen LogP contribution >= 0.6 is 0 Å². The molecule has 0 aliphatic carbocycles. The van der Waals surface area contributed by atoms with Crippen molar-refractivity contribution in [2.75, 3.05) is 13.2 Å². The Morgan fingerprint density at radius 2 is 1.82 bits per heavy atom. The van der Waals surface area contributed by atoms with E-state index < -0.39 is 11.7 Å². The van der Waals surface area contributed by atoms with Gasteiger partial charge in [0.25, 0.3) is 0 Å². The van der Waals surface area contributed by atoms with Gasteiger partial charge in [-0.1, -0.05) is 24.3 Å². The topological polar surface area (TPSA) is 41.5 Å². The fourth-order valence-electron chi connectivity index (χ4n) is 1.96. The van der Waals surface area contributed by atoms with Crippen molar-refractivity contribution < 1.29 is 23.0 Å². The van der Waals surface area contributed by atoms with E-state index in [0.29, 0.717) is 13.1 Å². The number of ether oxygens (including phenoxy) is 1. The minimum Gasteiger partial charge on any atom is -0.508 e. The summed E-state index contributed by atoms with van der Waals surface area (Å²) >= 11 is 0. The molecule has 0 saturated heterocycles. The van der Waals surface area contributed by atoms with Crippen molar-refractivity contribution >= 4 is 0 Å². The number of hydrogen-bond donors (Lipinski definition) is 2. The van der Waals surface area contributed by atoms with Gasteiger partial charge in [0.05, 0.1) is 5.56 Å². The van der Waals surface area contributed by atoms with Gasteiger partial charge in [0.1, 0.15) is 18.1 Å². The second kappa shape index (κ2) is 7.17. The summed E-state index contributed by atoms with van der Waals surface area (Å²) in [6.45, 7) is 1.01. The smallest absolute Gasteiger partial charge is 0.419 e. The first-order valence-corrected chi connectivity index (χ1v) is 6.74. The molecular formula is C16H16F3NO2. The standard InChI is InChI=1S/C16H16F3NO2/c17-16(18,19)14-6-1-2-7-15(14)22-9-8-20-11-12-4-3-5-13(21)10-12/h1-7,10,20-21H,8-9,11H2. The van der Waals surface area contributed by atoms with Gasteiger partial charge in [-0.3, -0.25) is 0 Å². The number of rotatable bonds is 6. The number of aromatic hydroxyl groups is 1. The summed E-state index contributed by atoms with van der Waals surface area (Å²) in [7, 11) is 0. The molecule has 2 N–H and O–H groups in total. The van der Waals surface area contributed by atoms with E-state index in [0.717, 1.165) is 11.6 Å². The van der Waals surface area contributed by atoms with E-state index in [4.69, 9.17) is 4.74 Å². The average molecular weight is 311 g/mol. The third kappa shape index (κ3) is 4.66. The van der Waals surface area contributed by atoms with Crippen LogP contribution in [-0.2, 0) is 12.7 Å². The Bertz CT molecular complexity index is 614. The molecule has 6 heteroatoms. The number of benzene rings is 2. The molecule has 118 valence electrons. The lowest BCUT2D eigenvalue weighted by molar-refractivity contribution is -0.138. The number of halogens is 3. The fraction of sp³-hybridized carbons (Fsp3) is 0.250. The van der Waals surface area contributed by atoms with E-state index in [1.165, 1.54) is 18.2 Å². The molecule has 2 rings (SSSR count). The van der Waals surface area contributed by atoms with E-state index in [9.17, 15) is 18.3 Å². The highest BCUT2D eigenvalue weighted by Crippen LogP contribution is 2.35. The predicted molar refractivity (Wildman–Crippen MR) is 76.8 cm³/mol. The largest absolute Gasteiger partial charge is 0.508 e. The monoisotopic (exact) mass is 311 g/mol. The number of alkyl halides is 3. The molecule has 0 aromatic heterocycles. The van der Waals surface area contributed by atoms with Gasteiger partial charge in [-0.15, -0.1) is 0 Å². The highest BCUT2D eigenvalue weighted by atomic mass is 19.4. The van der Waals surface area contributed by atoms with E-state index in [-0.39, 0.29) is 18.1 Å². The molecule has 0 spiro atoms. The second-order valence-electron chi connectivity index (χ2n) is 4.69. The minimum atomic E-state index is -4.43. The number of phenolic OH excluding ortho intramolecular Hbond substituents is 1. The Hall–Kier alpha value is -2.21. The lowest BCUT2D eigenvalue weighted by Crippen LogP contribution is -2.21. The number of phenols is 1. The highest BCUT2D eigenvalue weighted by Gasteiger charge is 2.33. The van der Waals surface area contributed by atoms with Crippen LogP contribution in [0.4, 0.5) is 13.2 Å². The van der Waals surface area contributed by atoms with Crippen LogP contribution in [0.15, 0.2) is 48.5 Å². The third-order valence-electron chi connectivity index (χ3n) is 2.97. The predicted octanol–water partition coefficient (Wildman–Crippen LogP) is 3.58. The molecule has 0 radical (unpaired) electrons. The molecule has 0 saturated carbocycles.